The maximum atomic E-state index is 12.1. The fourth-order valence-electron chi connectivity index (χ4n) is 2.23. The average Bonchev–Trinajstić information content (AvgIpc) is 2.83. The molecule has 0 radical (unpaired) electrons. The number of carboxylic acid groups (broad SMARTS) is 1. The van der Waals surface area contributed by atoms with Gasteiger partial charge in [0, 0.05) is 0 Å². The second-order valence-corrected chi connectivity index (χ2v) is 5.02. The van der Waals surface area contributed by atoms with Crippen LogP contribution in [0.5, 0.6) is 0 Å². The van der Waals surface area contributed by atoms with Gasteiger partial charge in [-0.25, -0.2) is 9.97 Å². The molecule has 1 amide bonds. The first-order valence-electron chi connectivity index (χ1n) is 5.70. The molecule has 2 atom stereocenters. The van der Waals surface area contributed by atoms with E-state index in [1.807, 2.05) is 0 Å². The first-order valence-corrected chi connectivity index (χ1v) is 6.46. The van der Waals surface area contributed by atoms with Crippen molar-refractivity contribution in [2.24, 2.45) is 11.8 Å². The van der Waals surface area contributed by atoms with E-state index in [9.17, 15) is 9.59 Å². The fourth-order valence-corrected chi connectivity index (χ4v) is 2.64. The van der Waals surface area contributed by atoms with Crippen molar-refractivity contribution in [1.29, 1.82) is 0 Å². The minimum absolute atomic E-state index is 0.0261. The first-order chi connectivity index (χ1) is 9.00. The zero-order valence-electron chi connectivity index (χ0n) is 9.77. The molecule has 1 aliphatic carbocycles. The Morgan fingerprint density at radius 1 is 1.21 bits per heavy atom. The normalized spacial score (nSPS) is 22.2. The van der Waals surface area contributed by atoms with Gasteiger partial charge in [0.2, 0.25) is 5.91 Å². The van der Waals surface area contributed by atoms with Gasteiger partial charge in [-0.3, -0.25) is 9.59 Å². The molecule has 0 saturated heterocycles. The van der Waals surface area contributed by atoms with Crippen molar-refractivity contribution in [2.75, 3.05) is 5.32 Å². The Morgan fingerprint density at radius 2 is 1.79 bits per heavy atom. The standard InChI is InChI=1S/C11H11Cl2N3O3/c12-8-7(9(13)15-4-14-8)16-10(17)5-2-1-3-6(5)11(18)19/h4-6H,1-3H2,(H,16,17)(H,18,19)/t5-,6+/m1/s1. The first kappa shape index (κ1) is 14.0. The molecule has 0 bridgehead atoms. The molecule has 0 spiro atoms. The Hall–Kier alpha value is -1.40. The quantitative estimate of drug-likeness (QED) is 0.835. The lowest BCUT2D eigenvalue weighted by Crippen LogP contribution is -2.30. The molecule has 19 heavy (non-hydrogen) atoms. The summed E-state index contributed by atoms with van der Waals surface area (Å²) in [5.41, 5.74) is 0.117. The largest absolute Gasteiger partial charge is 0.481 e. The third-order valence-electron chi connectivity index (χ3n) is 3.17. The van der Waals surface area contributed by atoms with Crippen LogP contribution in [0.15, 0.2) is 6.33 Å². The van der Waals surface area contributed by atoms with Crippen molar-refractivity contribution in [2.45, 2.75) is 19.3 Å². The number of amides is 1. The van der Waals surface area contributed by atoms with Crippen molar-refractivity contribution >= 4 is 40.8 Å². The fraction of sp³-hybridized carbons (Fsp3) is 0.455. The van der Waals surface area contributed by atoms with E-state index in [-0.39, 0.29) is 16.0 Å². The monoisotopic (exact) mass is 303 g/mol. The molecule has 102 valence electrons. The van der Waals surface area contributed by atoms with Gasteiger partial charge in [0.15, 0.2) is 10.3 Å². The molecule has 1 fully saturated rings. The summed E-state index contributed by atoms with van der Waals surface area (Å²) in [5.74, 6) is -2.62. The highest BCUT2D eigenvalue weighted by Gasteiger charge is 2.38. The summed E-state index contributed by atoms with van der Waals surface area (Å²) in [5, 5.41) is 11.6. The second-order valence-electron chi connectivity index (χ2n) is 4.30. The van der Waals surface area contributed by atoms with E-state index >= 15 is 0 Å². The van der Waals surface area contributed by atoms with E-state index in [1.54, 1.807) is 0 Å². The number of nitrogens with zero attached hydrogens (tertiary/aromatic N) is 2. The number of carboxylic acids is 1. The topological polar surface area (TPSA) is 92.2 Å². The number of hydrogen-bond donors (Lipinski definition) is 2. The highest BCUT2D eigenvalue weighted by Crippen LogP contribution is 2.34. The lowest BCUT2D eigenvalue weighted by molar-refractivity contribution is -0.145. The molecule has 8 heteroatoms. The number of halogens is 2. The van der Waals surface area contributed by atoms with Gasteiger partial charge in [0.05, 0.1) is 11.8 Å². The molecule has 1 aromatic heterocycles. The number of aromatic nitrogens is 2. The summed E-state index contributed by atoms with van der Waals surface area (Å²) in [4.78, 5) is 30.6. The molecule has 0 unspecified atom stereocenters. The summed E-state index contributed by atoms with van der Waals surface area (Å²) in [6.45, 7) is 0. The van der Waals surface area contributed by atoms with Crippen LogP contribution in [-0.2, 0) is 9.59 Å². The molecule has 1 heterocycles. The van der Waals surface area contributed by atoms with E-state index in [1.165, 1.54) is 6.33 Å². The number of hydrogen-bond acceptors (Lipinski definition) is 4. The van der Waals surface area contributed by atoms with E-state index in [4.69, 9.17) is 28.3 Å². The maximum absolute atomic E-state index is 12.1. The number of rotatable bonds is 3. The highest BCUT2D eigenvalue weighted by atomic mass is 35.5. The Balaban J connectivity index is 2.15. The van der Waals surface area contributed by atoms with Crippen LogP contribution in [0.3, 0.4) is 0 Å². The van der Waals surface area contributed by atoms with Crippen LogP contribution >= 0.6 is 23.2 Å². The molecule has 0 aromatic carbocycles. The van der Waals surface area contributed by atoms with Crippen LogP contribution in [0.1, 0.15) is 19.3 Å². The molecule has 2 N–H and O–H groups in total. The van der Waals surface area contributed by atoms with Crippen molar-refractivity contribution < 1.29 is 14.7 Å². The molecule has 1 aromatic rings. The van der Waals surface area contributed by atoms with Gasteiger partial charge in [-0.15, -0.1) is 0 Å². The predicted molar refractivity (Wildman–Crippen MR) is 69.1 cm³/mol. The number of anilines is 1. The van der Waals surface area contributed by atoms with Crippen LogP contribution in [0, 0.1) is 11.8 Å². The van der Waals surface area contributed by atoms with Crippen LogP contribution in [0.25, 0.3) is 0 Å². The summed E-state index contributed by atoms with van der Waals surface area (Å²) >= 11 is 11.6. The van der Waals surface area contributed by atoms with E-state index in [0.29, 0.717) is 19.3 Å². The summed E-state index contributed by atoms with van der Waals surface area (Å²) in [6, 6.07) is 0. The smallest absolute Gasteiger partial charge is 0.307 e. The van der Waals surface area contributed by atoms with Crippen molar-refractivity contribution in [3.8, 4) is 0 Å². The average molecular weight is 304 g/mol. The Kier molecular flexibility index (Phi) is 4.21. The predicted octanol–water partition coefficient (Wildman–Crippen LogP) is 2.22. The number of nitrogens with one attached hydrogen (secondary N) is 1. The highest BCUT2D eigenvalue weighted by molar-refractivity contribution is 6.38. The molecular formula is C11H11Cl2N3O3. The molecule has 1 saturated carbocycles. The molecule has 6 nitrogen and oxygen atoms in total. The summed E-state index contributed by atoms with van der Waals surface area (Å²) in [7, 11) is 0. The van der Waals surface area contributed by atoms with Gasteiger partial charge >= 0.3 is 5.97 Å². The van der Waals surface area contributed by atoms with Crippen LogP contribution in [0.4, 0.5) is 5.69 Å². The molecule has 1 aliphatic rings. The third-order valence-corrected chi connectivity index (χ3v) is 3.75. The SMILES string of the molecule is O=C(O)[C@H]1CCC[C@H]1C(=O)Nc1c(Cl)ncnc1Cl. The maximum Gasteiger partial charge on any atom is 0.307 e. The van der Waals surface area contributed by atoms with Gasteiger partial charge in [-0.05, 0) is 12.8 Å². The molecular weight excluding hydrogens is 293 g/mol. The zero-order valence-corrected chi connectivity index (χ0v) is 11.3. The summed E-state index contributed by atoms with van der Waals surface area (Å²) < 4.78 is 0. The van der Waals surface area contributed by atoms with Crippen molar-refractivity contribution in [1.82, 2.24) is 9.97 Å². The van der Waals surface area contributed by atoms with E-state index in [0.717, 1.165) is 0 Å². The lowest BCUT2D eigenvalue weighted by atomic mass is 9.95. The van der Waals surface area contributed by atoms with Gasteiger partial charge in [0.25, 0.3) is 0 Å². The summed E-state index contributed by atoms with van der Waals surface area (Å²) in [6.07, 6.45) is 2.92. The van der Waals surface area contributed by atoms with Gasteiger partial charge in [-0.1, -0.05) is 29.6 Å². The van der Waals surface area contributed by atoms with E-state index < -0.39 is 23.7 Å². The van der Waals surface area contributed by atoms with Gasteiger partial charge in [0.1, 0.15) is 12.0 Å². The number of carbonyl (C=O) groups excluding carboxylic acids is 1. The third kappa shape index (κ3) is 2.96. The zero-order chi connectivity index (χ0) is 14.0. The van der Waals surface area contributed by atoms with Crippen molar-refractivity contribution in [3.05, 3.63) is 16.6 Å². The minimum atomic E-state index is -0.959. The van der Waals surface area contributed by atoms with E-state index in [2.05, 4.69) is 15.3 Å². The minimum Gasteiger partial charge on any atom is -0.481 e. The number of carbonyl (C=O) groups is 2. The van der Waals surface area contributed by atoms with Gasteiger partial charge < -0.3 is 10.4 Å². The Bertz CT molecular complexity index is 504. The Morgan fingerprint density at radius 3 is 2.37 bits per heavy atom. The van der Waals surface area contributed by atoms with Crippen molar-refractivity contribution in [3.63, 3.8) is 0 Å². The van der Waals surface area contributed by atoms with Crippen LogP contribution < -0.4 is 5.32 Å². The number of aliphatic carboxylic acids is 1. The van der Waals surface area contributed by atoms with Crippen LogP contribution in [0.2, 0.25) is 10.3 Å². The second kappa shape index (κ2) is 5.71. The van der Waals surface area contributed by atoms with Crippen LogP contribution in [-0.4, -0.2) is 27.0 Å². The van der Waals surface area contributed by atoms with Gasteiger partial charge in [-0.2, -0.15) is 0 Å². The molecule has 2 rings (SSSR count). The molecule has 0 aliphatic heterocycles. The Labute approximate surface area is 119 Å². The lowest BCUT2D eigenvalue weighted by Gasteiger charge is -2.16.